The SMILES string of the molecule is CCCc1ccc(Nc2nc(Cl)ncc2F)cc1. The Morgan fingerprint density at radius 2 is 2.00 bits per heavy atom. The number of nitrogens with one attached hydrogen (secondary N) is 1. The molecule has 0 spiro atoms. The van der Waals surface area contributed by atoms with E-state index in [0.29, 0.717) is 0 Å². The number of nitrogens with zero attached hydrogens (tertiary/aromatic N) is 2. The lowest BCUT2D eigenvalue weighted by molar-refractivity contribution is 0.619. The summed E-state index contributed by atoms with van der Waals surface area (Å²) in [5.74, 6) is -0.449. The van der Waals surface area contributed by atoms with E-state index in [4.69, 9.17) is 11.6 Å². The molecule has 0 unspecified atom stereocenters. The van der Waals surface area contributed by atoms with Gasteiger partial charge in [0.15, 0.2) is 11.6 Å². The van der Waals surface area contributed by atoms with Crippen LogP contribution >= 0.6 is 11.6 Å². The number of hydrogen-bond donors (Lipinski definition) is 1. The van der Waals surface area contributed by atoms with Crippen molar-refractivity contribution < 1.29 is 4.39 Å². The Labute approximate surface area is 110 Å². The second-order valence-electron chi connectivity index (χ2n) is 3.91. The van der Waals surface area contributed by atoms with E-state index < -0.39 is 5.82 Å². The number of benzene rings is 1. The van der Waals surface area contributed by atoms with Crippen LogP contribution in [0.3, 0.4) is 0 Å². The molecule has 5 heteroatoms. The Morgan fingerprint density at radius 3 is 2.67 bits per heavy atom. The lowest BCUT2D eigenvalue weighted by Gasteiger charge is -2.07. The molecule has 0 radical (unpaired) electrons. The zero-order chi connectivity index (χ0) is 13.0. The van der Waals surface area contributed by atoms with E-state index >= 15 is 0 Å². The molecular weight excluding hydrogens is 253 g/mol. The van der Waals surface area contributed by atoms with Gasteiger partial charge in [-0.3, -0.25) is 0 Å². The summed E-state index contributed by atoms with van der Waals surface area (Å²) in [5.41, 5.74) is 2.02. The van der Waals surface area contributed by atoms with Crippen molar-refractivity contribution in [3.05, 3.63) is 47.1 Å². The van der Waals surface area contributed by atoms with Gasteiger partial charge in [-0.05, 0) is 35.7 Å². The fraction of sp³-hybridized carbons (Fsp3) is 0.231. The van der Waals surface area contributed by atoms with Crippen LogP contribution < -0.4 is 5.32 Å². The fourth-order valence-corrected chi connectivity index (χ4v) is 1.75. The largest absolute Gasteiger partial charge is 0.338 e. The molecule has 1 aromatic heterocycles. The van der Waals surface area contributed by atoms with Gasteiger partial charge in [0, 0.05) is 5.69 Å². The van der Waals surface area contributed by atoms with Gasteiger partial charge in [0.2, 0.25) is 5.28 Å². The van der Waals surface area contributed by atoms with Crippen LogP contribution in [0, 0.1) is 5.82 Å². The van der Waals surface area contributed by atoms with Crippen LogP contribution in [0.2, 0.25) is 5.28 Å². The maximum absolute atomic E-state index is 13.4. The average Bonchev–Trinajstić information content (AvgIpc) is 2.37. The van der Waals surface area contributed by atoms with E-state index in [9.17, 15) is 4.39 Å². The Balaban J connectivity index is 2.15. The van der Waals surface area contributed by atoms with E-state index in [1.165, 1.54) is 5.56 Å². The van der Waals surface area contributed by atoms with Gasteiger partial charge in [-0.2, -0.15) is 4.98 Å². The smallest absolute Gasteiger partial charge is 0.224 e. The molecule has 2 aromatic rings. The number of anilines is 2. The molecule has 0 aliphatic heterocycles. The van der Waals surface area contributed by atoms with Gasteiger partial charge in [0.05, 0.1) is 6.20 Å². The minimum absolute atomic E-state index is 0.0153. The van der Waals surface area contributed by atoms with Crippen LogP contribution in [0.15, 0.2) is 30.5 Å². The number of halogens is 2. The second-order valence-corrected chi connectivity index (χ2v) is 4.25. The van der Waals surface area contributed by atoms with Crippen LogP contribution in [0.5, 0.6) is 0 Å². The molecule has 0 aliphatic rings. The Morgan fingerprint density at radius 1 is 1.28 bits per heavy atom. The van der Waals surface area contributed by atoms with Gasteiger partial charge in [-0.15, -0.1) is 0 Å². The summed E-state index contributed by atoms with van der Waals surface area (Å²) < 4.78 is 13.4. The van der Waals surface area contributed by atoms with Gasteiger partial charge < -0.3 is 5.32 Å². The molecule has 1 heterocycles. The van der Waals surface area contributed by atoms with Gasteiger partial charge in [-0.25, -0.2) is 9.37 Å². The van der Waals surface area contributed by atoms with E-state index in [-0.39, 0.29) is 11.1 Å². The monoisotopic (exact) mass is 265 g/mol. The molecule has 0 aliphatic carbocycles. The van der Waals surface area contributed by atoms with Crippen molar-refractivity contribution in [1.82, 2.24) is 9.97 Å². The van der Waals surface area contributed by atoms with Gasteiger partial charge >= 0.3 is 0 Å². The molecule has 0 bridgehead atoms. The molecule has 94 valence electrons. The number of aryl methyl sites for hydroxylation is 1. The number of aromatic nitrogens is 2. The predicted molar refractivity (Wildman–Crippen MR) is 70.7 cm³/mol. The number of rotatable bonds is 4. The van der Waals surface area contributed by atoms with Crippen LogP contribution in [0.25, 0.3) is 0 Å². The highest BCUT2D eigenvalue weighted by Gasteiger charge is 2.05. The first-order chi connectivity index (χ1) is 8.69. The molecule has 3 nitrogen and oxygen atoms in total. The Bertz CT molecular complexity index is 528. The molecule has 18 heavy (non-hydrogen) atoms. The first-order valence-corrected chi connectivity index (χ1v) is 6.11. The molecule has 2 rings (SSSR count). The average molecular weight is 266 g/mol. The summed E-state index contributed by atoms with van der Waals surface area (Å²) in [6.45, 7) is 2.13. The van der Waals surface area contributed by atoms with Crippen molar-refractivity contribution in [2.24, 2.45) is 0 Å². The highest BCUT2D eigenvalue weighted by molar-refractivity contribution is 6.28. The zero-order valence-corrected chi connectivity index (χ0v) is 10.7. The molecule has 0 saturated carbocycles. The minimum Gasteiger partial charge on any atom is -0.338 e. The van der Waals surface area contributed by atoms with Crippen molar-refractivity contribution in [1.29, 1.82) is 0 Å². The highest BCUT2D eigenvalue weighted by Crippen LogP contribution is 2.19. The highest BCUT2D eigenvalue weighted by atomic mass is 35.5. The Kier molecular flexibility index (Phi) is 4.10. The van der Waals surface area contributed by atoms with Crippen LogP contribution in [0.1, 0.15) is 18.9 Å². The first-order valence-electron chi connectivity index (χ1n) is 5.73. The van der Waals surface area contributed by atoms with E-state index in [1.807, 2.05) is 24.3 Å². The molecule has 0 atom stereocenters. The van der Waals surface area contributed by atoms with Crippen LogP contribution in [-0.2, 0) is 6.42 Å². The minimum atomic E-state index is -0.531. The molecule has 1 N–H and O–H groups in total. The third-order valence-electron chi connectivity index (χ3n) is 2.47. The zero-order valence-electron chi connectivity index (χ0n) is 9.95. The molecular formula is C13H13ClFN3. The summed E-state index contributed by atoms with van der Waals surface area (Å²) >= 11 is 5.62. The normalized spacial score (nSPS) is 10.4. The fourth-order valence-electron chi connectivity index (χ4n) is 1.61. The Hall–Kier alpha value is -1.68. The maximum atomic E-state index is 13.4. The van der Waals surface area contributed by atoms with Gasteiger partial charge in [0.1, 0.15) is 0 Å². The van der Waals surface area contributed by atoms with Crippen molar-refractivity contribution in [3.63, 3.8) is 0 Å². The van der Waals surface area contributed by atoms with Crippen molar-refractivity contribution in [3.8, 4) is 0 Å². The van der Waals surface area contributed by atoms with E-state index in [0.717, 1.165) is 24.7 Å². The summed E-state index contributed by atoms with van der Waals surface area (Å²) in [6, 6.07) is 7.79. The maximum Gasteiger partial charge on any atom is 0.224 e. The molecule has 0 fully saturated rings. The summed E-state index contributed by atoms with van der Waals surface area (Å²) in [6.07, 6.45) is 3.18. The van der Waals surface area contributed by atoms with E-state index in [1.54, 1.807) is 0 Å². The third kappa shape index (κ3) is 3.17. The van der Waals surface area contributed by atoms with Crippen molar-refractivity contribution >= 4 is 23.1 Å². The summed E-state index contributed by atoms with van der Waals surface area (Å²) in [5, 5.41) is 2.89. The molecule has 0 saturated heterocycles. The predicted octanol–water partition coefficient (Wildman–Crippen LogP) is 3.97. The third-order valence-corrected chi connectivity index (χ3v) is 2.65. The van der Waals surface area contributed by atoms with Crippen LogP contribution in [0.4, 0.5) is 15.9 Å². The van der Waals surface area contributed by atoms with Crippen molar-refractivity contribution in [2.75, 3.05) is 5.32 Å². The first kappa shape index (κ1) is 12.8. The lowest BCUT2D eigenvalue weighted by atomic mass is 10.1. The van der Waals surface area contributed by atoms with Crippen molar-refractivity contribution in [2.45, 2.75) is 19.8 Å². The van der Waals surface area contributed by atoms with Gasteiger partial charge in [-0.1, -0.05) is 25.5 Å². The standard InChI is InChI=1S/C13H13ClFN3/c1-2-3-9-4-6-10(7-5-9)17-12-11(15)8-16-13(14)18-12/h4-8H,2-3H2,1H3,(H,16,17,18). The lowest BCUT2D eigenvalue weighted by Crippen LogP contribution is -1.99. The van der Waals surface area contributed by atoms with Gasteiger partial charge in [0.25, 0.3) is 0 Å². The second kappa shape index (κ2) is 5.78. The molecule has 0 amide bonds. The molecule has 1 aromatic carbocycles. The topological polar surface area (TPSA) is 37.8 Å². The summed E-state index contributed by atoms with van der Waals surface area (Å²) in [4.78, 5) is 7.35. The quantitative estimate of drug-likeness (QED) is 0.850. The summed E-state index contributed by atoms with van der Waals surface area (Å²) in [7, 11) is 0. The number of hydrogen-bond acceptors (Lipinski definition) is 3. The van der Waals surface area contributed by atoms with E-state index in [2.05, 4.69) is 22.2 Å². The van der Waals surface area contributed by atoms with Crippen LogP contribution in [-0.4, -0.2) is 9.97 Å².